The second-order valence-corrected chi connectivity index (χ2v) is 5.10. The number of rotatable bonds is 1. The van der Waals surface area contributed by atoms with E-state index in [-0.39, 0.29) is 5.41 Å². The molecule has 0 spiro atoms. The lowest BCUT2D eigenvalue weighted by Crippen LogP contribution is -2.26. The third-order valence-electron chi connectivity index (χ3n) is 3.81. The summed E-state index contributed by atoms with van der Waals surface area (Å²) in [6.07, 6.45) is 10.2. The number of H-pyrrole nitrogens is 1. The van der Waals surface area contributed by atoms with Gasteiger partial charge in [-0.1, -0.05) is 26.2 Å². The summed E-state index contributed by atoms with van der Waals surface area (Å²) >= 11 is 0. The maximum absolute atomic E-state index is 4.71. The molecule has 0 unspecified atom stereocenters. The zero-order chi connectivity index (χ0) is 11.0. The minimum Gasteiger partial charge on any atom is -0.340 e. The molecule has 0 atom stereocenters. The maximum Gasteiger partial charge on any atom is 0.113 e. The van der Waals surface area contributed by atoms with Crippen molar-refractivity contribution in [2.45, 2.75) is 44.4 Å². The van der Waals surface area contributed by atoms with E-state index in [4.69, 9.17) is 4.98 Å². The molecule has 1 aliphatic rings. The van der Waals surface area contributed by atoms with Crippen LogP contribution < -0.4 is 0 Å². The van der Waals surface area contributed by atoms with Crippen molar-refractivity contribution in [2.75, 3.05) is 0 Å². The molecule has 1 fully saturated rings. The van der Waals surface area contributed by atoms with E-state index in [1.165, 1.54) is 32.1 Å². The van der Waals surface area contributed by atoms with Gasteiger partial charge in [0.05, 0.1) is 17.2 Å². The highest BCUT2D eigenvalue weighted by Crippen LogP contribution is 2.37. The Hall–Kier alpha value is -1.38. The second-order valence-electron chi connectivity index (χ2n) is 5.10. The van der Waals surface area contributed by atoms with Crippen LogP contribution in [0.25, 0.3) is 11.0 Å². The van der Waals surface area contributed by atoms with Crippen LogP contribution in [0.4, 0.5) is 0 Å². The topological polar surface area (TPSA) is 41.6 Å². The van der Waals surface area contributed by atoms with Gasteiger partial charge >= 0.3 is 0 Å². The van der Waals surface area contributed by atoms with Crippen LogP contribution in [0.3, 0.4) is 0 Å². The van der Waals surface area contributed by atoms with Crippen molar-refractivity contribution < 1.29 is 0 Å². The van der Waals surface area contributed by atoms with Gasteiger partial charge in [-0.3, -0.25) is 4.98 Å². The average Bonchev–Trinajstić information content (AvgIpc) is 2.74. The first-order valence-electron chi connectivity index (χ1n) is 6.08. The Kier molecular flexibility index (Phi) is 2.20. The summed E-state index contributed by atoms with van der Waals surface area (Å²) < 4.78 is 0. The molecule has 3 heteroatoms. The van der Waals surface area contributed by atoms with E-state index in [0.717, 1.165) is 16.9 Å². The Bertz CT molecular complexity index is 462. The molecular weight excluding hydrogens is 198 g/mol. The zero-order valence-corrected chi connectivity index (χ0v) is 9.66. The predicted octanol–water partition coefficient (Wildman–Crippen LogP) is 3.18. The van der Waals surface area contributed by atoms with Crippen molar-refractivity contribution in [1.82, 2.24) is 15.0 Å². The molecule has 2 heterocycles. The summed E-state index contributed by atoms with van der Waals surface area (Å²) in [5, 5.41) is 0. The Morgan fingerprint density at radius 3 is 2.81 bits per heavy atom. The van der Waals surface area contributed by atoms with Crippen LogP contribution in [0.2, 0.25) is 0 Å². The number of aromatic amines is 1. The smallest absolute Gasteiger partial charge is 0.113 e. The van der Waals surface area contributed by atoms with Crippen LogP contribution in [0.15, 0.2) is 18.5 Å². The Morgan fingerprint density at radius 1 is 1.25 bits per heavy atom. The predicted molar refractivity (Wildman–Crippen MR) is 64.3 cm³/mol. The number of pyridine rings is 1. The van der Waals surface area contributed by atoms with E-state index in [9.17, 15) is 0 Å². The largest absolute Gasteiger partial charge is 0.340 e. The normalized spacial score (nSPS) is 20.1. The van der Waals surface area contributed by atoms with Gasteiger partial charge in [0.2, 0.25) is 0 Å². The maximum atomic E-state index is 4.71. The fraction of sp³-hybridized carbons (Fsp3) is 0.538. The van der Waals surface area contributed by atoms with Crippen LogP contribution in [0.5, 0.6) is 0 Å². The third kappa shape index (κ3) is 1.51. The Morgan fingerprint density at radius 2 is 2.06 bits per heavy atom. The molecule has 1 aliphatic carbocycles. The van der Waals surface area contributed by atoms with Gasteiger partial charge in [-0.25, -0.2) is 4.98 Å². The van der Waals surface area contributed by atoms with Gasteiger partial charge in [-0.05, 0) is 18.9 Å². The number of fused-ring (bicyclic) bond motifs is 1. The molecule has 2 aromatic heterocycles. The molecule has 2 aromatic rings. The van der Waals surface area contributed by atoms with Crippen molar-refractivity contribution in [3.05, 3.63) is 24.3 Å². The average molecular weight is 215 g/mol. The number of nitrogens with zero attached hydrogens (tertiary/aromatic N) is 2. The number of nitrogens with one attached hydrogen (secondary N) is 1. The summed E-state index contributed by atoms with van der Waals surface area (Å²) in [5.74, 6) is 1.15. The van der Waals surface area contributed by atoms with Crippen molar-refractivity contribution in [1.29, 1.82) is 0 Å². The van der Waals surface area contributed by atoms with Gasteiger partial charge in [0.15, 0.2) is 0 Å². The summed E-state index contributed by atoms with van der Waals surface area (Å²) in [6.45, 7) is 2.33. The fourth-order valence-corrected chi connectivity index (χ4v) is 2.71. The van der Waals surface area contributed by atoms with Crippen LogP contribution in [-0.2, 0) is 5.41 Å². The first-order chi connectivity index (χ1) is 7.78. The van der Waals surface area contributed by atoms with Crippen molar-refractivity contribution >= 4 is 11.0 Å². The molecule has 16 heavy (non-hydrogen) atoms. The monoisotopic (exact) mass is 215 g/mol. The SMILES string of the molecule is CC1(c2nc3ccncc3[nH]2)CCCCC1. The highest BCUT2D eigenvalue weighted by molar-refractivity contribution is 5.73. The molecule has 0 aromatic carbocycles. The number of imidazole rings is 1. The van der Waals surface area contributed by atoms with Gasteiger partial charge in [-0.2, -0.15) is 0 Å². The quantitative estimate of drug-likeness (QED) is 0.793. The van der Waals surface area contributed by atoms with Gasteiger partial charge in [0, 0.05) is 11.6 Å². The standard InChI is InChI=1S/C13H17N3/c1-13(6-3-2-4-7-13)12-15-10-5-8-14-9-11(10)16-12/h5,8-9H,2-4,6-7H2,1H3,(H,15,16). The lowest BCUT2D eigenvalue weighted by atomic mass is 9.75. The number of hydrogen-bond donors (Lipinski definition) is 1. The van der Waals surface area contributed by atoms with E-state index in [2.05, 4.69) is 16.9 Å². The van der Waals surface area contributed by atoms with E-state index in [0.29, 0.717) is 0 Å². The third-order valence-corrected chi connectivity index (χ3v) is 3.81. The first kappa shape index (κ1) is 9.82. The minimum atomic E-state index is 0.247. The molecule has 1 N–H and O–H groups in total. The van der Waals surface area contributed by atoms with Crippen LogP contribution in [-0.4, -0.2) is 15.0 Å². The lowest BCUT2D eigenvalue weighted by Gasteiger charge is -2.31. The van der Waals surface area contributed by atoms with Gasteiger partial charge in [-0.15, -0.1) is 0 Å². The Labute approximate surface area is 95.3 Å². The molecular formula is C13H17N3. The summed E-state index contributed by atoms with van der Waals surface area (Å²) in [5.41, 5.74) is 2.35. The molecule has 3 nitrogen and oxygen atoms in total. The van der Waals surface area contributed by atoms with Crippen molar-refractivity contribution in [2.24, 2.45) is 0 Å². The molecule has 0 aliphatic heterocycles. The molecule has 0 saturated heterocycles. The van der Waals surface area contributed by atoms with E-state index in [1.54, 1.807) is 6.20 Å². The molecule has 1 saturated carbocycles. The fourth-order valence-electron chi connectivity index (χ4n) is 2.71. The molecule has 0 radical (unpaired) electrons. The van der Waals surface area contributed by atoms with E-state index in [1.807, 2.05) is 12.3 Å². The van der Waals surface area contributed by atoms with Crippen LogP contribution in [0, 0.1) is 0 Å². The second kappa shape index (κ2) is 3.58. The summed E-state index contributed by atoms with van der Waals surface area (Å²) in [7, 11) is 0. The lowest BCUT2D eigenvalue weighted by molar-refractivity contribution is 0.306. The van der Waals surface area contributed by atoms with Gasteiger partial charge in [0.25, 0.3) is 0 Å². The number of aromatic nitrogens is 3. The van der Waals surface area contributed by atoms with E-state index >= 15 is 0 Å². The minimum absolute atomic E-state index is 0.247. The van der Waals surface area contributed by atoms with E-state index < -0.39 is 0 Å². The Balaban J connectivity index is 2.04. The van der Waals surface area contributed by atoms with Gasteiger partial charge < -0.3 is 4.98 Å². The van der Waals surface area contributed by atoms with Crippen molar-refractivity contribution in [3.63, 3.8) is 0 Å². The zero-order valence-electron chi connectivity index (χ0n) is 9.66. The molecule has 0 amide bonds. The molecule has 3 rings (SSSR count). The van der Waals surface area contributed by atoms with Crippen LogP contribution in [0.1, 0.15) is 44.9 Å². The van der Waals surface area contributed by atoms with Crippen molar-refractivity contribution in [3.8, 4) is 0 Å². The highest BCUT2D eigenvalue weighted by Gasteiger charge is 2.31. The molecule has 84 valence electrons. The van der Waals surface area contributed by atoms with Gasteiger partial charge in [0.1, 0.15) is 5.82 Å². The number of hydrogen-bond acceptors (Lipinski definition) is 2. The van der Waals surface area contributed by atoms with Crippen LogP contribution >= 0.6 is 0 Å². The highest BCUT2D eigenvalue weighted by atomic mass is 14.9. The summed E-state index contributed by atoms with van der Waals surface area (Å²) in [6, 6.07) is 1.97. The molecule has 0 bridgehead atoms. The first-order valence-corrected chi connectivity index (χ1v) is 6.08. The summed E-state index contributed by atoms with van der Waals surface area (Å²) in [4.78, 5) is 12.3.